The molecule has 0 radical (unpaired) electrons. The van der Waals surface area contributed by atoms with Crippen LogP contribution in [0.3, 0.4) is 0 Å². The molecule has 7 heteroatoms. The maximum atomic E-state index is 11.4. The summed E-state index contributed by atoms with van der Waals surface area (Å²) in [4.78, 5) is 22.4. The summed E-state index contributed by atoms with van der Waals surface area (Å²) in [5.74, 6) is 0.532. The van der Waals surface area contributed by atoms with Crippen molar-refractivity contribution in [1.29, 1.82) is 0 Å². The summed E-state index contributed by atoms with van der Waals surface area (Å²) >= 11 is 0. The van der Waals surface area contributed by atoms with Crippen LogP contribution in [0, 0.1) is 0 Å². The van der Waals surface area contributed by atoms with Crippen molar-refractivity contribution in [1.82, 2.24) is 19.5 Å². The predicted octanol–water partition coefficient (Wildman–Crippen LogP) is -0.193. The molecule has 2 aromatic rings. The second-order valence-electron chi connectivity index (χ2n) is 3.84. The van der Waals surface area contributed by atoms with E-state index in [2.05, 4.69) is 20.3 Å². The van der Waals surface area contributed by atoms with Crippen LogP contribution in [0.25, 0.3) is 11.2 Å². The van der Waals surface area contributed by atoms with E-state index in [0.29, 0.717) is 23.7 Å². The fraction of sp³-hybridized carbons (Fsp3) is 0.500. The van der Waals surface area contributed by atoms with Gasteiger partial charge in [-0.05, 0) is 19.4 Å². The maximum Gasteiger partial charge on any atom is 0.327 e. The summed E-state index contributed by atoms with van der Waals surface area (Å²) in [5, 5.41) is 3.10. The van der Waals surface area contributed by atoms with E-state index >= 15 is 0 Å². The molecule has 0 atom stereocenters. The Morgan fingerprint density at radius 2 is 2.35 bits per heavy atom. The highest BCUT2D eigenvalue weighted by Crippen LogP contribution is 2.07. The van der Waals surface area contributed by atoms with Crippen molar-refractivity contribution >= 4 is 17.1 Å². The number of nitrogens with zero attached hydrogens (tertiary/aromatic N) is 3. The van der Waals surface area contributed by atoms with Gasteiger partial charge in [-0.3, -0.25) is 4.57 Å². The number of aryl methyl sites for hydroxylation is 1. The van der Waals surface area contributed by atoms with E-state index in [1.54, 1.807) is 13.2 Å². The SMILES string of the molecule is Cn1c(=O)[nH]c2cnc(NCCCCN)nc21. The Balaban J connectivity index is 2.14. The fourth-order valence-corrected chi connectivity index (χ4v) is 1.57. The van der Waals surface area contributed by atoms with Crippen LogP contribution in [0.1, 0.15) is 12.8 Å². The molecule has 0 aliphatic rings. The van der Waals surface area contributed by atoms with Gasteiger partial charge in [0.2, 0.25) is 5.95 Å². The minimum absolute atomic E-state index is 0.186. The number of nitrogens with one attached hydrogen (secondary N) is 2. The number of fused-ring (bicyclic) bond motifs is 1. The van der Waals surface area contributed by atoms with Crippen LogP contribution in [0.5, 0.6) is 0 Å². The highest BCUT2D eigenvalue weighted by Gasteiger charge is 2.05. The number of aromatic amines is 1. The maximum absolute atomic E-state index is 11.4. The first-order valence-electron chi connectivity index (χ1n) is 5.58. The number of aromatic nitrogens is 4. The summed E-state index contributed by atoms with van der Waals surface area (Å²) in [7, 11) is 1.67. The molecule has 2 aromatic heterocycles. The lowest BCUT2D eigenvalue weighted by Gasteiger charge is -2.03. The number of rotatable bonds is 5. The lowest BCUT2D eigenvalue weighted by Crippen LogP contribution is -2.12. The summed E-state index contributed by atoms with van der Waals surface area (Å²) in [6.45, 7) is 1.47. The zero-order valence-electron chi connectivity index (χ0n) is 9.73. The average Bonchev–Trinajstić information content (AvgIpc) is 2.61. The van der Waals surface area contributed by atoms with Gasteiger partial charge in [-0.1, -0.05) is 0 Å². The minimum Gasteiger partial charge on any atom is -0.354 e. The van der Waals surface area contributed by atoms with Gasteiger partial charge < -0.3 is 16.0 Å². The van der Waals surface area contributed by atoms with Crippen molar-refractivity contribution in [3.8, 4) is 0 Å². The number of unbranched alkanes of at least 4 members (excludes halogenated alkanes) is 1. The van der Waals surface area contributed by atoms with Gasteiger partial charge in [0.15, 0.2) is 5.65 Å². The van der Waals surface area contributed by atoms with E-state index in [1.165, 1.54) is 4.57 Å². The molecule has 17 heavy (non-hydrogen) atoms. The van der Waals surface area contributed by atoms with E-state index in [1.807, 2.05) is 0 Å². The average molecular weight is 236 g/mol. The van der Waals surface area contributed by atoms with Crippen LogP contribution in [0.2, 0.25) is 0 Å². The molecule has 92 valence electrons. The summed E-state index contributed by atoms with van der Waals surface area (Å²) in [5.41, 5.74) is 6.46. The number of imidazole rings is 1. The molecular formula is C10H16N6O. The smallest absolute Gasteiger partial charge is 0.327 e. The molecule has 0 bridgehead atoms. The number of anilines is 1. The van der Waals surface area contributed by atoms with Crippen molar-refractivity contribution in [3.05, 3.63) is 16.7 Å². The van der Waals surface area contributed by atoms with Gasteiger partial charge in [0, 0.05) is 13.6 Å². The van der Waals surface area contributed by atoms with Crippen LogP contribution in [-0.2, 0) is 7.05 Å². The number of hydrogen-bond acceptors (Lipinski definition) is 5. The van der Waals surface area contributed by atoms with Crippen LogP contribution in [0.4, 0.5) is 5.95 Å². The molecule has 0 spiro atoms. The van der Waals surface area contributed by atoms with Crippen molar-refractivity contribution in [3.63, 3.8) is 0 Å². The third-order valence-corrected chi connectivity index (χ3v) is 2.55. The minimum atomic E-state index is -0.186. The molecule has 7 nitrogen and oxygen atoms in total. The highest BCUT2D eigenvalue weighted by molar-refractivity contribution is 5.70. The first-order valence-corrected chi connectivity index (χ1v) is 5.58. The standard InChI is InChI=1S/C10H16N6O/c1-16-8-7(14-10(16)17)6-13-9(15-8)12-5-3-2-4-11/h6H,2-5,11H2,1H3,(H,14,17)(H,12,13,15). The quantitative estimate of drug-likeness (QED) is 0.624. The zero-order valence-corrected chi connectivity index (χ0v) is 9.73. The Kier molecular flexibility index (Phi) is 3.38. The highest BCUT2D eigenvalue weighted by atomic mass is 16.1. The van der Waals surface area contributed by atoms with Gasteiger partial charge in [0.1, 0.15) is 5.52 Å². The van der Waals surface area contributed by atoms with Crippen LogP contribution >= 0.6 is 0 Å². The molecule has 4 N–H and O–H groups in total. The lowest BCUT2D eigenvalue weighted by atomic mass is 10.3. The van der Waals surface area contributed by atoms with Crippen LogP contribution < -0.4 is 16.7 Å². The Bertz CT molecular complexity index is 557. The topological polar surface area (TPSA) is 102 Å². The Hall–Kier alpha value is -1.89. The first-order chi connectivity index (χ1) is 8.22. The van der Waals surface area contributed by atoms with Crippen molar-refractivity contribution < 1.29 is 0 Å². The van der Waals surface area contributed by atoms with Crippen molar-refractivity contribution in [2.24, 2.45) is 12.8 Å². The van der Waals surface area contributed by atoms with Gasteiger partial charge in [0.05, 0.1) is 6.20 Å². The molecule has 0 saturated heterocycles. The van der Waals surface area contributed by atoms with Gasteiger partial charge in [-0.25, -0.2) is 9.78 Å². The third-order valence-electron chi connectivity index (χ3n) is 2.55. The van der Waals surface area contributed by atoms with Crippen molar-refractivity contribution in [2.45, 2.75) is 12.8 Å². The molecule has 0 aliphatic heterocycles. The second kappa shape index (κ2) is 4.96. The number of H-pyrrole nitrogens is 1. The van der Waals surface area contributed by atoms with Gasteiger partial charge in [-0.15, -0.1) is 0 Å². The van der Waals surface area contributed by atoms with E-state index < -0.39 is 0 Å². The normalized spacial score (nSPS) is 10.9. The van der Waals surface area contributed by atoms with Crippen LogP contribution in [-0.4, -0.2) is 32.6 Å². The fourth-order valence-electron chi connectivity index (χ4n) is 1.57. The van der Waals surface area contributed by atoms with Gasteiger partial charge in [0.25, 0.3) is 0 Å². The van der Waals surface area contributed by atoms with E-state index in [-0.39, 0.29) is 5.69 Å². The van der Waals surface area contributed by atoms with Gasteiger partial charge >= 0.3 is 5.69 Å². The summed E-state index contributed by atoms with van der Waals surface area (Å²) in [6.07, 6.45) is 3.55. The van der Waals surface area contributed by atoms with Gasteiger partial charge in [-0.2, -0.15) is 4.98 Å². The molecule has 0 amide bonds. The summed E-state index contributed by atoms with van der Waals surface area (Å²) < 4.78 is 1.46. The van der Waals surface area contributed by atoms with E-state index in [0.717, 1.165) is 19.4 Å². The molecule has 0 saturated carbocycles. The molecule has 0 unspecified atom stereocenters. The van der Waals surface area contributed by atoms with Crippen LogP contribution in [0.15, 0.2) is 11.0 Å². The summed E-state index contributed by atoms with van der Waals surface area (Å²) in [6, 6.07) is 0. The third kappa shape index (κ3) is 2.44. The van der Waals surface area contributed by atoms with Crippen molar-refractivity contribution in [2.75, 3.05) is 18.4 Å². The molecule has 0 fully saturated rings. The van der Waals surface area contributed by atoms with E-state index in [9.17, 15) is 4.79 Å². The Morgan fingerprint density at radius 3 is 3.12 bits per heavy atom. The molecule has 0 aromatic carbocycles. The molecule has 2 rings (SSSR count). The molecular weight excluding hydrogens is 220 g/mol. The first kappa shape index (κ1) is 11.6. The Labute approximate surface area is 98.1 Å². The van der Waals surface area contributed by atoms with E-state index in [4.69, 9.17) is 5.73 Å². The number of nitrogens with two attached hydrogens (primary N) is 1. The lowest BCUT2D eigenvalue weighted by molar-refractivity contribution is 0.770. The molecule has 0 aliphatic carbocycles. The largest absolute Gasteiger partial charge is 0.354 e. The monoisotopic (exact) mass is 236 g/mol. The predicted molar refractivity (Wildman–Crippen MR) is 65.9 cm³/mol. The molecule has 2 heterocycles. The zero-order chi connectivity index (χ0) is 12.3. The second-order valence-corrected chi connectivity index (χ2v) is 3.84. The Morgan fingerprint density at radius 1 is 1.53 bits per heavy atom. The number of hydrogen-bond donors (Lipinski definition) is 3.